The van der Waals surface area contributed by atoms with Crippen molar-refractivity contribution < 1.29 is 58.2 Å². The van der Waals surface area contributed by atoms with Crippen LogP contribution in [-0.2, 0) is 42.9 Å². The fraction of sp³-hybridized carbons (Fsp3) is 0.789. The molecule has 1 heterocycles. The lowest BCUT2D eigenvalue weighted by Gasteiger charge is -2.40. The minimum atomic E-state index is -1.90. The van der Waals surface area contributed by atoms with Crippen LogP contribution >= 0.6 is 0 Å². The summed E-state index contributed by atoms with van der Waals surface area (Å²) in [5, 5.41) is 31.3. The van der Waals surface area contributed by atoms with Crippen LogP contribution in [0.4, 0.5) is 0 Å². The van der Waals surface area contributed by atoms with Crippen molar-refractivity contribution in [1.82, 2.24) is 0 Å². The number of esters is 3. The molecule has 1 aliphatic rings. The fourth-order valence-corrected chi connectivity index (χ4v) is 8.14. The predicted octanol–water partition coefficient (Wildman–Crippen LogP) is 13.4. The number of rotatable bonds is 46. The van der Waals surface area contributed by atoms with Crippen LogP contribution in [0.1, 0.15) is 239 Å². The molecule has 69 heavy (non-hydrogen) atoms. The van der Waals surface area contributed by atoms with E-state index in [-0.39, 0.29) is 25.9 Å². The topological polar surface area (TPSA) is 175 Å². The number of allylic oxidation sites excluding steroid dienone is 8. The van der Waals surface area contributed by atoms with Gasteiger partial charge in [0.05, 0.1) is 6.61 Å². The molecule has 1 aliphatic heterocycles. The lowest BCUT2D eigenvalue weighted by Crippen LogP contribution is -2.61. The number of carbonyl (C=O) groups is 4. The van der Waals surface area contributed by atoms with Gasteiger partial charge in [0.2, 0.25) is 0 Å². The van der Waals surface area contributed by atoms with E-state index in [2.05, 4.69) is 69.4 Å². The van der Waals surface area contributed by atoms with Crippen LogP contribution in [-0.4, -0.2) is 89.2 Å². The van der Waals surface area contributed by atoms with Gasteiger partial charge in [0.25, 0.3) is 0 Å². The van der Waals surface area contributed by atoms with Gasteiger partial charge in [-0.1, -0.05) is 191 Å². The van der Waals surface area contributed by atoms with Gasteiger partial charge in [0.15, 0.2) is 24.6 Å². The zero-order valence-electron chi connectivity index (χ0n) is 43.6. The highest BCUT2D eigenvalue weighted by Crippen LogP contribution is 2.26. The molecule has 0 radical (unpaired) electrons. The van der Waals surface area contributed by atoms with Crippen LogP contribution in [0.15, 0.2) is 48.6 Å². The van der Waals surface area contributed by atoms with E-state index >= 15 is 0 Å². The standard InChI is InChI=1S/C57H98O12/c1-4-7-10-13-16-19-21-23-25-27-29-32-34-37-40-43-49(58)65-46-48(67-50(59)44-41-38-36-33-30-28-26-24-22-20-17-14-11-8-5-2)47-66-57-55(53(62)52(61)54(69-57)56(63)64)68-51(60)45-42-39-35-31-18-15-12-9-6-3/h7,10,16,19,23-26,48,52-55,57,61-62H,4-6,8-9,11-15,17-18,20-22,27-47H2,1-3H3,(H,63,64)/b10-7-,19-16-,25-23-,26-24-. The quantitative estimate of drug-likeness (QED) is 0.0228. The Bertz CT molecular complexity index is 1390. The van der Waals surface area contributed by atoms with E-state index in [0.29, 0.717) is 19.3 Å². The van der Waals surface area contributed by atoms with Crippen molar-refractivity contribution in [2.75, 3.05) is 13.2 Å². The summed E-state index contributed by atoms with van der Waals surface area (Å²) in [6.07, 6.45) is 41.0. The molecule has 0 aromatic carbocycles. The Morgan fingerprint density at radius 3 is 1.41 bits per heavy atom. The van der Waals surface area contributed by atoms with Crippen molar-refractivity contribution in [3.8, 4) is 0 Å². The molecule has 0 bridgehead atoms. The Kier molecular flexibility index (Phi) is 42.3. The number of aliphatic hydroxyl groups excluding tert-OH is 2. The summed E-state index contributed by atoms with van der Waals surface area (Å²) >= 11 is 0. The van der Waals surface area contributed by atoms with E-state index in [9.17, 15) is 34.5 Å². The first-order valence-electron chi connectivity index (χ1n) is 27.6. The molecular formula is C57H98O12. The van der Waals surface area contributed by atoms with Gasteiger partial charge in [-0.2, -0.15) is 0 Å². The highest BCUT2D eigenvalue weighted by molar-refractivity contribution is 5.74. The average Bonchev–Trinajstić information content (AvgIpc) is 3.33. The monoisotopic (exact) mass is 975 g/mol. The van der Waals surface area contributed by atoms with Gasteiger partial charge < -0.3 is 39.0 Å². The second kappa shape index (κ2) is 45.8. The smallest absolute Gasteiger partial charge is 0.335 e. The molecule has 0 spiro atoms. The fourth-order valence-electron chi connectivity index (χ4n) is 8.14. The molecule has 1 rings (SSSR count). The number of unbranched alkanes of at least 4 members (excludes halogenated alkanes) is 24. The summed E-state index contributed by atoms with van der Waals surface area (Å²) in [5.41, 5.74) is 0. The normalized spacial score (nSPS) is 19.0. The molecule has 6 unspecified atom stereocenters. The zero-order valence-corrected chi connectivity index (χ0v) is 43.6. The minimum absolute atomic E-state index is 0.0595. The number of carboxylic acids is 1. The number of aliphatic carboxylic acids is 1. The van der Waals surface area contributed by atoms with Crippen LogP contribution in [0.2, 0.25) is 0 Å². The van der Waals surface area contributed by atoms with Crippen LogP contribution in [0.5, 0.6) is 0 Å². The van der Waals surface area contributed by atoms with E-state index in [1.165, 1.54) is 64.2 Å². The van der Waals surface area contributed by atoms with Crippen molar-refractivity contribution in [3.63, 3.8) is 0 Å². The molecule has 398 valence electrons. The van der Waals surface area contributed by atoms with Gasteiger partial charge in [-0.15, -0.1) is 0 Å². The van der Waals surface area contributed by atoms with E-state index < -0.39 is 67.3 Å². The largest absolute Gasteiger partial charge is 0.479 e. The number of hydrogen-bond donors (Lipinski definition) is 3. The lowest BCUT2D eigenvalue weighted by molar-refractivity contribution is -0.301. The number of hydrogen-bond acceptors (Lipinski definition) is 11. The molecule has 0 aromatic rings. The molecule has 3 N–H and O–H groups in total. The molecule has 12 heteroatoms. The molecule has 0 aromatic heterocycles. The number of ether oxygens (including phenoxy) is 5. The summed E-state index contributed by atoms with van der Waals surface area (Å²) in [6, 6.07) is 0. The van der Waals surface area contributed by atoms with Crippen molar-refractivity contribution >= 4 is 23.9 Å². The summed E-state index contributed by atoms with van der Waals surface area (Å²) in [4.78, 5) is 50.9. The molecule has 12 nitrogen and oxygen atoms in total. The first-order valence-corrected chi connectivity index (χ1v) is 27.6. The summed E-state index contributed by atoms with van der Waals surface area (Å²) in [6.45, 7) is 5.81. The SMILES string of the molecule is CC/C=C\C/C=C\C/C=C\CCCCCCCC(=O)OCC(COC1OC(C(=O)O)C(O)C(O)C1OC(=O)CCCCCCCCCCC)OC(=O)CCCCCCC/C=C\CCCCCCCC. The molecule has 1 saturated heterocycles. The molecule has 6 atom stereocenters. The molecule has 1 fully saturated rings. The maximum atomic E-state index is 13.1. The molecule has 0 amide bonds. The van der Waals surface area contributed by atoms with Crippen molar-refractivity contribution in [2.45, 2.75) is 276 Å². The average molecular weight is 975 g/mol. The van der Waals surface area contributed by atoms with Gasteiger partial charge in [0.1, 0.15) is 18.8 Å². The Morgan fingerprint density at radius 2 is 0.913 bits per heavy atom. The first kappa shape index (κ1) is 63.7. The van der Waals surface area contributed by atoms with E-state index in [1.807, 2.05) is 0 Å². The van der Waals surface area contributed by atoms with Crippen molar-refractivity contribution in [3.05, 3.63) is 48.6 Å². The first-order chi connectivity index (χ1) is 33.6. The zero-order chi connectivity index (χ0) is 50.4. The maximum absolute atomic E-state index is 13.1. The minimum Gasteiger partial charge on any atom is -0.479 e. The predicted molar refractivity (Wildman–Crippen MR) is 276 cm³/mol. The second-order valence-corrected chi connectivity index (χ2v) is 18.8. The van der Waals surface area contributed by atoms with Gasteiger partial charge in [0, 0.05) is 19.3 Å². The molecular weight excluding hydrogens is 877 g/mol. The molecule has 0 aliphatic carbocycles. The Hall–Kier alpha value is -3.32. The van der Waals surface area contributed by atoms with Crippen LogP contribution in [0.25, 0.3) is 0 Å². The summed E-state index contributed by atoms with van der Waals surface area (Å²) in [5.74, 6) is -3.14. The Balaban J connectivity index is 2.72. The van der Waals surface area contributed by atoms with Gasteiger partial charge in [-0.05, 0) is 77.0 Å². The summed E-state index contributed by atoms with van der Waals surface area (Å²) < 4.78 is 28.3. The van der Waals surface area contributed by atoms with Crippen molar-refractivity contribution in [2.24, 2.45) is 0 Å². The highest BCUT2D eigenvalue weighted by Gasteiger charge is 2.50. The maximum Gasteiger partial charge on any atom is 0.335 e. The van der Waals surface area contributed by atoms with Crippen LogP contribution in [0.3, 0.4) is 0 Å². The van der Waals surface area contributed by atoms with Gasteiger partial charge in [-0.25, -0.2) is 4.79 Å². The highest BCUT2D eigenvalue weighted by atomic mass is 16.7. The lowest BCUT2D eigenvalue weighted by atomic mass is 9.98. The number of carbonyl (C=O) groups excluding carboxylic acids is 3. The third-order valence-corrected chi connectivity index (χ3v) is 12.4. The van der Waals surface area contributed by atoms with E-state index in [4.69, 9.17) is 23.7 Å². The Labute approximate surface area is 418 Å². The van der Waals surface area contributed by atoms with E-state index in [0.717, 1.165) is 116 Å². The van der Waals surface area contributed by atoms with Crippen molar-refractivity contribution in [1.29, 1.82) is 0 Å². The van der Waals surface area contributed by atoms with Crippen LogP contribution in [0, 0.1) is 0 Å². The van der Waals surface area contributed by atoms with E-state index in [1.54, 1.807) is 0 Å². The van der Waals surface area contributed by atoms with Crippen LogP contribution < -0.4 is 0 Å². The summed E-state index contributed by atoms with van der Waals surface area (Å²) in [7, 11) is 0. The number of aliphatic hydroxyl groups is 2. The Morgan fingerprint density at radius 1 is 0.493 bits per heavy atom. The van der Waals surface area contributed by atoms with Gasteiger partial charge >= 0.3 is 23.9 Å². The van der Waals surface area contributed by atoms with Gasteiger partial charge in [-0.3, -0.25) is 14.4 Å². The third-order valence-electron chi connectivity index (χ3n) is 12.4. The molecule has 0 saturated carbocycles. The second-order valence-electron chi connectivity index (χ2n) is 18.8. The third kappa shape index (κ3) is 36.3. The number of carboxylic acid groups (broad SMARTS) is 1.